The second kappa shape index (κ2) is 6.82. The first-order valence-electron chi connectivity index (χ1n) is 9.38. The van der Waals surface area contributed by atoms with Crippen molar-refractivity contribution in [3.8, 4) is 0 Å². The van der Waals surface area contributed by atoms with Crippen LogP contribution in [0.15, 0.2) is 47.1 Å². The van der Waals surface area contributed by atoms with Gasteiger partial charge in [0, 0.05) is 25.7 Å². The Kier molecular flexibility index (Phi) is 4.45. The van der Waals surface area contributed by atoms with E-state index in [0.717, 1.165) is 5.69 Å². The first-order chi connectivity index (χ1) is 13.4. The summed E-state index contributed by atoms with van der Waals surface area (Å²) >= 11 is 0. The molecule has 7 heteroatoms. The zero-order valence-corrected chi connectivity index (χ0v) is 16.1. The van der Waals surface area contributed by atoms with Crippen LogP contribution in [0.2, 0.25) is 0 Å². The van der Waals surface area contributed by atoms with E-state index in [9.17, 15) is 14.4 Å². The van der Waals surface area contributed by atoms with Crippen LogP contribution >= 0.6 is 0 Å². The van der Waals surface area contributed by atoms with Crippen molar-refractivity contribution in [3.05, 3.63) is 54.0 Å². The van der Waals surface area contributed by atoms with Crippen molar-refractivity contribution >= 4 is 23.4 Å². The van der Waals surface area contributed by atoms with E-state index in [4.69, 9.17) is 4.42 Å². The number of carbonyl (C=O) groups excluding carboxylic acids is 3. The minimum atomic E-state index is -0.580. The third-order valence-electron chi connectivity index (χ3n) is 5.78. The molecule has 0 saturated carbocycles. The Hall–Kier alpha value is -3.09. The number of nitrogens with zero attached hydrogens (tertiary/aromatic N) is 3. The van der Waals surface area contributed by atoms with E-state index in [1.54, 1.807) is 27.7 Å². The van der Waals surface area contributed by atoms with E-state index < -0.39 is 5.54 Å². The number of carbonyl (C=O) groups is 3. The largest absolute Gasteiger partial charge is 0.469 e. The quantitative estimate of drug-likeness (QED) is 0.798. The SMILES string of the molecule is CC(=O)N1CC(=O)N(c2ccccc2)CC12CCN(C(=O)c1ccoc1C)C2. The van der Waals surface area contributed by atoms with E-state index in [-0.39, 0.29) is 24.3 Å². The van der Waals surface area contributed by atoms with Gasteiger partial charge in [0.05, 0.1) is 23.9 Å². The summed E-state index contributed by atoms with van der Waals surface area (Å²) in [6.07, 6.45) is 2.14. The van der Waals surface area contributed by atoms with Crippen LogP contribution in [-0.4, -0.2) is 59.2 Å². The van der Waals surface area contributed by atoms with Crippen molar-refractivity contribution in [2.24, 2.45) is 0 Å². The summed E-state index contributed by atoms with van der Waals surface area (Å²) in [6, 6.07) is 11.1. The zero-order valence-electron chi connectivity index (χ0n) is 16.1. The Morgan fingerprint density at radius 3 is 2.50 bits per heavy atom. The Morgan fingerprint density at radius 1 is 1.11 bits per heavy atom. The van der Waals surface area contributed by atoms with Crippen LogP contribution in [-0.2, 0) is 9.59 Å². The minimum Gasteiger partial charge on any atom is -0.469 e. The van der Waals surface area contributed by atoms with E-state index >= 15 is 0 Å². The van der Waals surface area contributed by atoms with Crippen LogP contribution in [0.4, 0.5) is 5.69 Å². The summed E-state index contributed by atoms with van der Waals surface area (Å²) in [5.74, 6) is 0.228. The molecular weight excluding hydrogens is 358 g/mol. The maximum absolute atomic E-state index is 12.9. The summed E-state index contributed by atoms with van der Waals surface area (Å²) < 4.78 is 5.27. The van der Waals surface area contributed by atoms with Gasteiger partial charge in [0.2, 0.25) is 11.8 Å². The summed E-state index contributed by atoms with van der Waals surface area (Å²) in [5, 5.41) is 0. The summed E-state index contributed by atoms with van der Waals surface area (Å²) in [5.41, 5.74) is 0.770. The Labute approximate surface area is 163 Å². The summed E-state index contributed by atoms with van der Waals surface area (Å²) in [7, 11) is 0. The lowest BCUT2D eigenvalue weighted by atomic mass is 9.91. The number of anilines is 1. The number of hydrogen-bond donors (Lipinski definition) is 0. The third kappa shape index (κ3) is 2.96. The molecule has 1 spiro atoms. The number of rotatable bonds is 2. The summed E-state index contributed by atoms with van der Waals surface area (Å²) in [4.78, 5) is 43.1. The Morgan fingerprint density at radius 2 is 1.86 bits per heavy atom. The Balaban J connectivity index is 1.63. The van der Waals surface area contributed by atoms with Gasteiger partial charge in [-0.3, -0.25) is 14.4 Å². The van der Waals surface area contributed by atoms with E-state index in [1.165, 1.54) is 13.2 Å². The highest BCUT2D eigenvalue weighted by Crippen LogP contribution is 2.35. The van der Waals surface area contributed by atoms with Gasteiger partial charge in [-0.05, 0) is 31.5 Å². The van der Waals surface area contributed by atoms with E-state index in [2.05, 4.69) is 0 Å². The second-order valence-electron chi connectivity index (χ2n) is 7.51. The van der Waals surface area contributed by atoms with Gasteiger partial charge < -0.3 is 19.1 Å². The third-order valence-corrected chi connectivity index (χ3v) is 5.78. The Bertz CT molecular complexity index is 923. The number of benzene rings is 1. The van der Waals surface area contributed by atoms with Crippen molar-refractivity contribution in [2.75, 3.05) is 31.1 Å². The maximum atomic E-state index is 12.9. The van der Waals surface area contributed by atoms with Crippen molar-refractivity contribution in [3.63, 3.8) is 0 Å². The molecule has 1 unspecified atom stereocenters. The number of furan rings is 1. The standard InChI is InChI=1S/C21H23N3O4/c1-15-18(8-11-28-15)20(27)22-10-9-21(13-22)14-23(17-6-4-3-5-7-17)19(26)12-24(21)16(2)25/h3-8,11H,9-10,12-14H2,1-2H3. The smallest absolute Gasteiger partial charge is 0.257 e. The van der Waals surface area contributed by atoms with Crippen LogP contribution in [0.5, 0.6) is 0 Å². The molecular formula is C21H23N3O4. The molecule has 2 saturated heterocycles. The molecule has 0 aliphatic carbocycles. The van der Waals surface area contributed by atoms with Crippen molar-refractivity contribution < 1.29 is 18.8 Å². The molecule has 4 rings (SSSR count). The lowest BCUT2D eigenvalue weighted by Crippen LogP contribution is -2.67. The van der Waals surface area contributed by atoms with Crippen molar-refractivity contribution in [1.82, 2.24) is 9.80 Å². The number of hydrogen-bond acceptors (Lipinski definition) is 4. The molecule has 28 heavy (non-hydrogen) atoms. The van der Waals surface area contributed by atoms with Crippen LogP contribution in [0.25, 0.3) is 0 Å². The molecule has 1 aromatic heterocycles. The maximum Gasteiger partial charge on any atom is 0.257 e. The molecule has 3 heterocycles. The first-order valence-corrected chi connectivity index (χ1v) is 9.38. The van der Waals surface area contributed by atoms with Crippen LogP contribution < -0.4 is 4.90 Å². The molecule has 2 fully saturated rings. The van der Waals surface area contributed by atoms with Crippen LogP contribution in [0.1, 0.15) is 29.5 Å². The zero-order chi connectivity index (χ0) is 19.9. The topological polar surface area (TPSA) is 74.1 Å². The number of aryl methyl sites for hydroxylation is 1. The van der Waals surface area contributed by atoms with Crippen molar-refractivity contribution in [2.45, 2.75) is 25.8 Å². The summed E-state index contributed by atoms with van der Waals surface area (Å²) in [6.45, 7) is 4.58. The van der Waals surface area contributed by atoms with Gasteiger partial charge in [0.15, 0.2) is 0 Å². The monoisotopic (exact) mass is 381 g/mol. The average Bonchev–Trinajstić information content (AvgIpc) is 3.30. The van der Waals surface area contributed by atoms with Gasteiger partial charge in [0.25, 0.3) is 5.91 Å². The highest BCUT2D eigenvalue weighted by molar-refractivity contribution is 5.99. The molecule has 1 aromatic carbocycles. The van der Waals surface area contributed by atoms with Gasteiger partial charge >= 0.3 is 0 Å². The normalized spacial score (nSPS) is 22.2. The number of likely N-dealkylation sites (tertiary alicyclic amines) is 1. The molecule has 146 valence electrons. The second-order valence-corrected chi connectivity index (χ2v) is 7.51. The van der Waals surface area contributed by atoms with Crippen LogP contribution in [0.3, 0.4) is 0 Å². The molecule has 0 radical (unpaired) electrons. The molecule has 0 bridgehead atoms. The predicted molar refractivity (Wildman–Crippen MR) is 103 cm³/mol. The van der Waals surface area contributed by atoms with Gasteiger partial charge in [0.1, 0.15) is 12.3 Å². The van der Waals surface area contributed by atoms with Gasteiger partial charge in [-0.1, -0.05) is 18.2 Å². The highest BCUT2D eigenvalue weighted by atomic mass is 16.3. The van der Waals surface area contributed by atoms with E-state index in [1.807, 2.05) is 30.3 Å². The number of amides is 3. The molecule has 7 nitrogen and oxygen atoms in total. The lowest BCUT2D eigenvalue weighted by molar-refractivity contribution is -0.142. The van der Waals surface area contributed by atoms with E-state index in [0.29, 0.717) is 37.4 Å². The molecule has 2 aromatic rings. The molecule has 3 amide bonds. The van der Waals surface area contributed by atoms with Gasteiger partial charge in [-0.15, -0.1) is 0 Å². The molecule has 1 atom stereocenters. The van der Waals surface area contributed by atoms with Crippen molar-refractivity contribution in [1.29, 1.82) is 0 Å². The minimum absolute atomic E-state index is 0.0248. The number of para-hydroxylation sites is 1. The lowest BCUT2D eigenvalue weighted by Gasteiger charge is -2.48. The fraction of sp³-hybridized carbons (Fsp3) is 0.381. The van der Waals surface area contributed by atoms with Crippen LogP contribution in [0, 0.1) is 6.92 Å². The fourth-order valence-corrected chi connectivity index (χ4v) is 4.30. The predicted octanol–water partition coefficient (Wildman–Crippen LogP) is 2.07. The van der Waals surface area contributed by atoms with Gasteiger partial charge in [-0.2, -0.15) is 0 Å². The fourth-order valence-electron chi connectivity index (χ4n) is 4.30. The average molecular weight is 381 g/mol. The molecule has 0 N–H and O–H groups in total. The number of piperazine rings is 1. The highest BCUT2D eigenvalue weighted by Gasteiger charge is 2.51. The molecule has 2 aliphatic heterocycles. The first kappa shape index (κ1) is 18.3. The molecule has 2 aliphatic rings. The van der Waals surface area contributed by atoms with Gasteiger partial charge in [-0.25, -0.2) is 0 Å².